The van der Waals surface area contributed by atoms with E-state index in [1.807, 2.05) is 63.1 Å². The first-order chi connectivity index (χ1) is 16.7. The highest BCUT2D eigenvalue weighted by Gasteiger charge is 2.25. The fraction of sp³-hybridized carbons (Fsp3) is 0.519. The Hall–Kier alpha value is -3.13. The van der Waals surface area contributed by atoms with Gasteiger partial charge in [-0.3, -0.25) is 4.79 Å². The van der Waals surface area contributed by atoms with Crippen LogP contribution in [0.25, 0.3) is 0 Å². The number of carbonyl (C=O) groups is 2. The number of fused-ring (bicyclic) bond motifs is 1. The summed E-state index contributed by atoms with van der Waals surface area (Å²) in [4.78, 5) is 35.3. The van der Waals surface area contributed by atoms with E-state index in [0.29, 0.717) is 31.3 Å². The molecule has 0 spiro atoms. The Bertz CT molecular complexity index is 1030. The van der Waals surface area contributed by atoms with Gasteiger partial charge in [0.1, 0.15) is 12.1 Å². The third-order valence-electron chi connectivity index (χ3n) is 5.84. The number of benzene rings is 1. The highest BCUT2D eigenvalue weighted by Crippen LogP contribution is 2.29. The lowest BCUT2D eigenvalue weighted by Gasteiger charge is -2.25. The summed E-state index contributed by atoms with van der Waals surface area (Å²) < 4.78 is 5.72. The van der Waals surface area contributed by atoms with Crippen LogP contribution < -0.4 is 10.2 Å². The molecule has 0 bridgehead atoms. The minimum atomic E-state index is -0.339. The molecule has 1 aliphatic rings. The van der Waals surface area contributed by atoms with E-state index in [1.54, 1.807) is 0 Å². The number of hydrogen-bond donors (Lipinski definition) is 2. The lowest BCUT2D eigenvalue weighted by Crippen LogP contribution is -2.45. The van der Waals surface area contributed by atoms with Crippen molar-refractivity contribution in [1.29, 1.82) is 5.41 Å². The number of aromatic nitrogens is 2. The zero-order valence-electron chi connectivity index (χ0n) is 21.3. The molecule has 8 heteroatoms. The van der Waals surface area contributed by atoms with Gasteiger partial charge in [0.05, 0.1) is 18.9 Å². The molecule has 0 fully saturated rings. The first-order valence-corrected chi connectivity index (χ1v) is 12.2. The van der Waals surface area contributed by atoms with Gasteiger partial charge in [0.15, 0.2) is 5.82 Å². The number of aryl methyl sites for hydroxylation is 1. The van der Waals surface area contributed by atoms with E-state index in [2.05, 4.69) is 15.3 Å². The molecule has 1 aromatic heterocycles. The maximum absolute atomic E-state index is 12.5. The second kappa shape index (κ2) is 12.0. The molecular formula is C27H37N5O3. The van der Waals surface area contributed by atoms with Crippen molar-refractivity contribution >= 4 is 23.7 Å². The summed E-state index contributed by atoms with van der Waals surface area (Å²) in [6, 6.07) is 9.89. The van der Waals surface area contributed by atoms with Crippen molar-refractivity contribution in [3.05, 3.63) is 53.0 Å². The van der Waals surface area contributed by atoms with Crippen molar-refractivity contribution < 1.29 is 14.3 Å². The van der Waals surface area contributed by atoms with E-state index < -0.39 is 0 Å². The Morgan fingerprint density at radius 3 is 2.66 bits per heavy atom. The van der Waals surface area contributed by atoms with Crippen LogP contribution in [0.15, 0.2) is 30.3 Å². The summed E-state index contributed by atoms with van der Waals surface area (Å²) in [5.41, 5.74) is 2.99. The van der Waals surface area contributed by atoms with Gasteiger partial charge in [0, 0.05) is 42.8 Å². The van der Waals surface area contributed by atoms with Crippen molar-refractivity contribution in [2.24, 2.45) is 5.92 Å². The molecule has 2 N–H and O–H groups in total. The first-order valence-electron chi connectivity index (χ1n) is 12.2. The minimum Gasteiger partial charge on any atom is -0.377 e. The Morgan fingerprint density at radius 1 is 1.23 bits per heavy atom. The zero-order valence-corrected chi connectivity index (χ0v) is 21.3. The van der Waals surface area contributed by atoms with Crippen LogP contribution in [0, 0.1) is 11.3 Å². The lowest BCUT2D eigenvalue weighted by molar-refractivity contribution is -0.121. The number of rotatable bonds is 12. The maximum atomic E-state index is 12.5. The smallest absolute Gasteiger partial charge is 0.239 e. The van der Waals surface area contributed by atoms with Crippen LogP contribution in [-0.2, 0) is 33.8 Å². The van der Waals surface area contributed by atoms with E-state index in [4.69, 9.17) is 10.1 Å². The Kier molecular flexibility index (Phi) is 9.09. The third-order valence-corrected chi connectivity index (χ3v) is 5.84. The number of amides is 1. The van der Waals surface area contributed by atoms with E-state index in [1.165, 1.54) is 0 Å². The summed E-state index contributed by atoms with van der Waals surface area (Å²) in [5.74, 6) is 0.610. The Balaban J connectivity index is 1.63. The van der Waals surface area contributed by atoms with Gasteiger partial charge in [0.2, 0.25) is 5.91 Å². The fourth-order valence-electron chi connectivity index (χ4n) is 4.18. The molecule has 1 amide bonds. The van der Waals surface area contributed by atoms with Gasteiger partial charge in [-0.15, -0.1) is 0 Å². The predicted molar refractivity (Wildman–Crippen MR) is 137 cm³/mol. The van der Waals surface area contributed by atoms with E-state index in [-0.39, 0.29) is 36.0 Å². The quantitative estimate of drug-likeness (QED) is 0.274. The monoisotopic (exact) mass is 479 g/mol. The predicted octanol–water partition coefficient (Wildman–Crippen LogP) is 3.50. The van der Waals surface area contributed by atoms with Gasteiger partial charge < -0.3 is 25.2 Å². The highest BCUT2D eigenvalue weighted by atomic mass is 16.5. The summed E-state index contributed by atoms with van der Waals surface area (Å²) in [5, 5.41) is 11.6. The molecule has 1 aliphatic carbocycles. The number of aldehydes is 1. The molecule has 35 heavy (non-hydrogen) atoms. The molecule has 0 radical (unpaired) electrons. The van der Waals surface area contributed by atoms with Crippen LogP contribution in [0.5, 0.6) is 0 Å². The van der Waals surface area contributed by atoms with Gasteiger partial charge in [-0.1, -0.05) is 30.3 Å². The van der Waals surface area contributed by atoms with Crippen LogP contribution in [0.1, 0.15) is 62.7 Å². The van der Waals surface area contributed by atoms with Crippen LogP contribution in [0.2, 0.25) is 0 Å². The van der Waals surface area contributed by atoms with Gasteiger partial charge in [-0.2, -0.15) is 0 Å². The third kappa shape index (κ3) is 7.96. The summed E-state index contributed by atoms with van der Waals surface area (Å²) >= 11 is 0. The van der Waals surface area contributed by atoms with Gasteiger partial charge >= 0.3 is 0 Å². The van der Waals surface area contributed by atoms with Crippen LogP contribution in [0.4, 0.5) is 5.82 Å². The molecule has 0 saturated carbocycles. The molecule has 1 heterocycles. The number of nitrogens with zero attached hydrogens (tertiary/aromatic N) is 3. The van der Waals surface area contributed by atoms with Crippen molar-refractivity contribution in [3.63, 3.8) is 0 Å². The molecule has 1 unspecified atom stereocenters. The SMILES string of the molecule is CN(CC(=O)NC(C)(C)C)c1nc(C(=N)CC(C=O)CCOCc2ccccc2)nc2c1CCC2. The van der Waals surface area contributed by atoms with Crippen LogP contribution in [-0.4, -0.2) is 53.6 Å². The van der Waals surface area contributed by atoms with Crippen LogP contribution in [0.3, 0.4) is 0 Å². The molecule has 0 saturated heterocycles. The number of anilines is 1. The molecule has 1 aromatic carbocycles. The number of nitrogens with one attached hydrogen (secondary N) is 2. The molecule has 188 valence electrons. The lowest BCUT2D eigenvalue weighted by atomic mass is 10.00. The molecule has 0 aliphatic heterocycles. The topological polar surface area (TPSA) is 108 Å². The Labute approximate surface area is 208 Å². The number of ether oxygens (including phenoxy) is 1. The Morgan fingerprint density at radius 2 is 1.97 bits per heavy atom. The van der Waals surface area contributed by atoms with Crippen LogP contribution >= 0.6 is 0 Å². The molecule has 3 rings (SSSR count). The average molecular weight is 480 g/mol. The number of carbonyl (C=O) groups excluding carboxylic acids is 2. The van der Waals surface area contributed by atoms with E-state index in [9.17, 15) is 9.59 Å². The van der Waals surface area contributed by atoms with Gasteiger partial charge in [-0.05, 0) is 52.0 Å². The molecule has 2 aromatic rings. The minimum absolute atomic E-state index is 0.0847. The van der Waals surface area contributed by atoms with Crippen molar-refractivity contribution in [1.82, 2.24) is 15.3 Å². The second-order valence-electron chi connectivity index (χ2n) is 10.2. The average Bonchev–Trinajstić information content (AvgIpc) is 3.28. The van der Waals surface area contributed by atoms with Crippen molar-refractivity contribution in [3.8, 4) is 0 Å². The summed E-state index contributed by atoms with van der Waals surface area (Å²) in [6.45, 7) is 6.95. The molecule has 1 atom stereocenters. The largest absolute Gasteiger partial charge is 0.377 e. The summed E-state index contributed by atoms with van der Waals surface area (Å²) in [6.07, 6.45) is 4.34. The van der Waals surface area contributed by atoms with Crippen molar-refractivity contribution in [2.45, 2.75) is 65.0 Å². The number of likely N-dealkylation sites (N-methyl/N-ethyl adjacent to an activating group) is 1. The molecule has 8 nitrogen and oxygen atoms in total. The zero-order chi connectivity index (χ0) is 25.4. The van der Waals surface area contributed by atoms with E-state index >= 15 is 0 Å². The van der Waals surface area contributed by atoms with Crippen molar-refractivity contribution in [2.75, 3.05) is 25.1 Å². The normalized spacial score (nSPS) is 13.7. The van der Waals surface area contributed by atoms with Gasteiger partial charge in [0.25, 0.3) is 0 Å². The van der Waals surface area contributed by atoms with Gasteiger partial charge in [-0.25, -0.2) is 9.97 Å². The standard InChI is InChI=1S/C27H37N5O3/c1-27(2,3)31-24(34)16-32(4)26-21-11-8-12-23(21)29-25(30-26)22(28)15-20(17-33)13-14-35-18-19-9-6-5-7-10-19/h5-7,9-10,17,20,28H,8,11-16,18H2,1-4H3,(H,31,34). The molecular weight excluding hydrogens is 442 g/mol. The number of hydrogen-bond acceptors (Lipinski definition) is 7. The second-order valence-corrected chi connectivity index (χ2v) is 10.2. The first kappa shape index (κ1) is 26.5. The summed E-state index contributed by atoms with van der Waals surface area (Å²) in [7, 11) is 1.84. The highest BCUT2D eigenvalue weighted by molar-refractivity contribution is 5.96. The van der Waals surface area contributed by atoms with E-state index in [0.717, 1.165) is 42.4 Å². The fourth-order valence-corrected chi connectivity index (χ4v) is 4.18. The maximum Gasteiger partial charge on any atom is 0.239 e.